The first-order valence-corrected chi connectivity index (χ1v) is 6.16. The second-order valence-electron chi connectivity index (χ2n) is 4.78. The molecule has 1 aromatic heterocycles. The number of halogens is 1. The fourth-order valence-electron chi connectivity index (χ4n) is 2.16. The molecule has 1 aliphatic rings. The molecule has 0 bridgehead atoms. The lowest BCUT2D eigenvalue weighted by Gasteiger charge is -2.14. The van der Waals surface area contributed by atoms with Crippen molar-refractivity contribution in [2.75, 3.05) is 13.1 Å². The Hall–Kier alpha value is -1.79. The second kappa shape index (κ2) is 4.71. The molecule has 0 spiro atoms. The summed E-state index contributed by atoms with van der Waals surface area (Å²) in [7, 11) is 0. The van der Waals surface area contributed by atoms with E-state index >= 15 is 0 Å². The van der Waals surface area contributed by atoms with Gasteiger partial charge in [-0.2, -0.15) is 4.98 Å². The molecule has 2 N–H and O–H groups in total. The molecular formula is C13H14FN3O2. The predicted molar refractivity (Wildman–Crippen MR) is 64.9 cm³/mol. The Balaban J connectivity index is 1.76. The third kappa shape index (κ3) is 2.50. The minimum atomic E-state index is -1.06. The Morgan fingerprint density at radius 3 is 2.84 bits per heavy atom. The van der Waals surface area contributed by atoms with Crippen molar-refractivity contribution < 1.29 is 14.0 Å². The molecule has 1 aliphatic heterocycles. The van der Waals surface area contributed by atoms with Gasteiger partial charge in [0.25, 0.3) is 5.89 Å². The van der Waals surface area contributed by atoms with Gasteiger partial charge in [0, 0.05) is 13.0 Å². The van der Waals surface area contributed by atoms with Crippen molar-refractivity contribution in [3.8, 4) is 0 Å². The van der Waals surface area contributed by atoms with Crippen LogP contribution in [-0.2, 0) is 12.0 Å². The van der Waals surface area contributed by atoms with E-state index in [4.69, 9.17) is 4.52 Å². The Morgan fingerprint density at radius 1 is 1.37 bits per heavy atom. The largest absolute Gasteiger partial charge is 0.379 e. The number of β-amino-alcohol motifs (C(OH)–C–C–N with tert-alkyl or cyclic N) is 1. The number of aromatic nitrogens is 2. The van der Waals surface area contributed by atoms with Gasteiger partial charge in [0.15, 0.2) is 11.4 Å². The van der Waals surface area contributed by atoms with Crippen molar-refractivity contribution in [1.82, 2.24) is 15.5 Å². The Morgan fingerprint density at radius 2 is 2.16 bits per heavy atom. The summed E-state index contributed by atoms with van der Waals surface area (Å²) < 4.78 is 17.9. The van der Waals surface area contributed by atoms with Crippen LogP contribution < -0.4 is 5.32 Å². The average Bonchev–Trinajstić information content (AvgIpc) is 3.02. The zero-order valence-corrected chi connectivity index (χ0v) is 10.3. The maximum absolute atomic E-state index is 12.8. The van der Waals surface area contributed by atoms with Gasteiger partial charge in [0.2, 0.25) is 0 Å². The average molecular weight is 263 g/mol. The third-order valence-electron chi connectivity index (χ3n) is 3.27. The highest BCUT2D eigenvalue weighted by atomic mass is 19.1. The number of nitrogens with zero attached hydrogens (tertiary/aromatic N) is 2. The summed E-state index contributed by atoms with van der Waals surface area (Å²) in [6.45, 7) is 1.15. The SMILES string of the molecule is OC1(c2nc(Cc3ccc(F)cc3)no2)CCNC1. The highest BCUT2D eigenvalue weighted by Gasteiger charge is 2.38. The first-order chi connectivity index (χ1) is 9.16. The first-order valence-electron chi connectivity index (χ1n) is 6.16. The number of nitrogens with one attached hydrogen (secondary N) is 1. The van der Waals surface area contributed by atoms with Crippen LogP contribution >= 0.6 is 0 Å². The maximum Gasteiger partial charge on any atom is 0.259 e. The summed E-state index contributed by atoms with van der Waals surface area (Å²) in [5.41, 5.74) is -0.168. The lowest BCUT2D eigenvalue weighted by Crippen LogP contribution is -2.28. The summed E-state index contributed by atoms with van der Waals surface area (Å²) in [6.07, 6.45) is 1.01. The van der Waals surface area contributed by atoms with E-state index in [0.29, 0.717) is 25.2 Å². The van der Waals surface area contributed by atoms with E-state index in [1.807, 2.05) is 0 Å². The van der Waals surface area contributed by atoms with Gasteiger partial charge >= 0.3 is 0 Å². The van der Waals surface area contributed by atoms with E-state index in [9.17, 15) is 9.50 Å². The van der Waals surface area contributed by atoms with Gasteiger partial charge < -0.3 is 14.9 Å². The number of aliphatic hydroxyl groups is 1. The summed E-state index contributed by atoms with van der Waals surface area (Å²) in [6, 6.07) is 6.14. The Labute approximate surface area is 109 Å². The fourth-order valence-corrected chi connectivity index (χ4v) is 2.16. The molecule has 19 heavy (non-hydrogen) atoms. The molecule has 1 atom stereocenters. The van der Waals surface area contributed by atoms with E-state index in [0.717, 1.165) is 12.1 Å². The van der Waals surface area contributed by atoms with Crippen LogP contribution in [-0.4, -0.2) is 28.3 Å². The van der Waals surface area contributed by atoms with Crippen LogP contribution in [0.25, 0.3) is 0 Å². The van der Waals surface area contributed by atoms with Crippen molar-refractivity contribution in [2.45, 2.75) is 18.4 Å². The zero-order chi connectivity index (χ0) is 13.3. The monoisotopic (exact) mass is 263 g/mol. The van der Waals surface area contributed by atoms with Crippen LogP contribution in [0.3, 0.4) is 0 Å². The van der Waals surface area contributed by atoms with Crippen LogP contribution in [0.1, 0.15) is 23.7 Å². The number of benzene rings is 1. The molecule has 0 aliphatic carbocycles. The highest BCUT2D eigenvalue weighted by Crippen LogP contribution is 2.26. The van der Waals surface area contributed by atoms with Crippen LogP contribution in [0.4, 0.5) is 4.39 Å². The topological polar surface area (TPSA) is 71.2 Å². The lowest BCUT2D eigenvalue weighted by atomic mass is 10.0. The Kier molecular flexibility index (Phi) is 3.04. The van der Waals surface area contributed by atoms with E-state index in [-0.39, 0.29) is 11.7 Å². The van der Waals surface area contributed by atoms with Gasteiger partial charge in [-0.15, -0.1) is 0 Å². The summed E-state index contributed by atoms with van der Waals surface area (Å²) in [4.78, 5) is 4.22. The molecule has 5 nitrogen and oxygen atoms in total. The second-order valence-corrected chi connectivity index (χ2v) is 4.78. The molecule has 1 fully saturated rings. The van der Waals surface area contributed by atoms with E-state index in [2.05, 4.69) is 15.5 Å². The maximum atomic E-state index is 12.8. The Bertz CT molecular complexity index is 562. The molecule has 1 saturated heterocycles. The molecule has 3 rings (SSSR count). The number of hydrogen-bond donors (Lipinski definition) is 2. The van der Waals surface area contributed by atoms with Crippen LogP contribution in [0.15, 0.2) is 28.8 Å². The van der Waals surface area contributed by atoms with Crippen LogP contribution in [0.2, 0.25) is 0 Å². The molecule has 0 amide bonds. The van der Waals surface area contributed by atoms with Crippen molar-refractivity contribution in [1.29, 1.82) is 0 Å². The first kappa shape index (κ1) is 12.3. The fraction of sp³-hybridized carbons (Fsp3) is 0.385. The molecule has 1 unspecified atom stereocenters. The molecule has 6 heteroatoms. The van der Waals surface area contributed by atoms with Crippen molar-refractivity contribution in [2.24, 2.45) is 0 Å². The third-order valence-corrected chi connectivity index (χ3v) is 3.27. The zero-order valence-electron chi connectivity index (χ0n) is 10.3. The van der Waals surface area contributed by atoms with Gasteiger partial charge in [-0.1, -0.05) is 17.3 Å². The molecule has 2 aromatic rings. The van der Waals surface area contributed by atoms with E-state index in [1.54, 1.807) is 12.1 Å². The number of rotatable bonds is 3. The van der Waals surface area contributed by atoms with Gasteiger partial charge in [0.05, 0.1) is 0 Å². The predicted octanol–water partition coefficient (Wildman–Crippen LogP) is 0.980. The molecule has 100 valence electrons. The molecule has 1 aromatic carbocycles. The highest BCUT2D eigenvalue weighted by molar-refractivity contribution is 5.19. The molecule has 0 radical (unpaired) electrons. The number of hydrogen-bond acceptors (Lipinski definition) is 5. The van der Waals surface area contributed by atoms with Crippen LogP contribution in [0, 0.1) is 5.82 Å². The van der Waals surface area contributed by atoms with Crippen LogP contribution in [0.5, 0.6) is 0 Å². The smallest absolute Gasteiger partial charge is 0.259 e. The van der Waals surface area contributed by atoms with Crippen molar-refractivity contribution >= 4 is 0 Å². The molecule has 2 heterocycles. The van der Waals surface area contributed by atoms with E-state index < -0.39 is 5.60 Å². The molecule has 0 saturated carbocycles. The summed E-state index contributed by atoms with van der Waals surface area (Å²) >= 11 is 0. The molecular weight excluding hydrogens is 249 g/mol. The normalized spacial score (nSPS) is 22.8. The van der Waals surface area contributed by atoms with Gasteiger partial charge in [-0.3, -0.25) is 0 Å². The van der Waals surface area contributed by atoms with E-state index in [1.165, 1.54) is 12.1 Å². The van der Waals surface area contributed by atoms with Gasteiger partial charge in [-0.05, 0) is 30.7 Å². The minimum Gasteiger partial charge on any atom is -0.379 e. The quantitative estimate of drug-likeness (QED) is 0.863. The van der Waals surface area contributed by atoms with Gasteiger partial charge in [-0.25, -0.2) is 4.39 Å². The standard InChI is InChI=1S/C13H14FN3O2/c14-10-3-1-9(2-4-10)7-11-16-12(19-17-11)13(18)5-6-15-8-13/h1-4,15,18H,5-8H2. The summed E-state index contributed by atoms with van der Waals surface area (Å²) in [5, 5.41) is 17.2. The van der Waals surface area contributed by atoms with Crippen molar-refractivity contribution in [3.05, 3.63) is 47.4 Å². The minimum absolute atomic E-state index is 0.245. The van der Waals surface area contributed by atoms with Gasteiger partial charge in [0.1, 0.15) is 5.82 Å². The lowest BCUT2D eigenvalue weighted by molar-refractivity contribution is 0.0243. The van der Waals surface area contributed by atoms with Crippen molar-refractivity contribution in [3.63, 3.8) is 0 Å². The summed E-state index contributed by atoms with van der Waals surface area (Å²) in [5.74, 6) is 0.459.